The Morgan fingerprint density at radius 1 is 1.17 bits per heavy atom. The SMILES string of the molecule is CCc1nc(C)ccc1OCc1nc(-c2c(C)ncc3c2CCNC3)no1.Cl.Cl. The van der Waals surface area contributed by atoms with Gasteiger partial charge in [0.2, 0.25) is 5.82 Å². The van der Waals surface area contributed by atoms with Gasteiger partial charge >= 0.3 is 0 Å². The molecule has 3 aromatic heterocycles. The van der Waals surface area contributed by atoms with Crippen molar-refractivity contribution in [2.45, 2.75) is 46.8 Å². The lowest BCUT2D eigenvalue weighted by Gasteiger charge is -2.19. The number of nitrogens with one attached hydrogen (secondary N) is 1. The third-order valence-corrected chi connectivity index (χ3v) is 4.78. The molecular formula is C20H25Cl2N5O2. The maximum absolute atomic E-state index is 5.88. The Morgan fingerprint density at radius 3 is 2.79 bits per heavy atom. The van der Waals surface area contributed by atoms with Crippen molar-refractivity contribution in [3.63, 3.8) is 0 Å². The molecule has 0 amide bonds. The molecule has 0 spiro atoms. The highest BCUT2D eigenvalue weighted by Crippen LogP contribution is 2.28. The molecule has 0 atom stereocenters. The molecular weight excluding hydrogens is 413 g/mol. The smallest absolute Gasteiger partial charge is 0.264 e. The van der Waals surface area contributed by atoms with Crippen molar-refractivity contribution in [2.75, 3.05) is 6.54 Å². The van der Waals surface area contributed by atoms with E-state index in [9.17, 15) is 0 Å². The molecule has 1 aliphatic rings. The second-order valence-corrected chi connectivity index (χ2v) is 6.70. The van der Waals surface area contributed by atoms with Crippen LogP contribution in [0.3, 0.4) is 0 Å². The zero-order valence-corrected chi connectivity index (χ0v) is 18.3. The number of hydrogen-bond donors (Lipinski definition) is 1. The van der Waals surface area contributed by atoms with Gasteiger partial charge in [-0.25, -0.2) is 0 Å². The average molecular weight is 438 g/mol. The first kappa shape index (κ1) is 23.1. The van der Waals surface area contributed by atoms with Crippen LogP contribution in [0.4, 0.5) is 0 Å². The van der Waals surface area contributed by atoms with Crippen LogP contribution < -0.4 is 10.1 Å². The van der Waals surface area contributed by atoms with Crippen molar-refractivity contribution < 1.29 is 9.26 Å². The lowest BCUT2D eigenvalue weighted by atomic mass is 9.95. The minimum absolute atomic E-state index is 0. The molecule has 9 heteroatoms. The minimum atomic E-state index is 0. The highest BCUT2D eigenvalue weighted by atomic mass is 35.5. The fraction of sp³-hybridized carbons (Fsp3) is 0.400. The maximum Gasteiger partial charge on any atom is 0.264 e. The second-order valence-electron chi connectivity index (χ2n) is 6.70. The Balaban J connectivity index is 0.00000150. The van der Waals surface area contributed by atoms with E-state index >= 15 is 0 Å². The summed E-state index contributed by atoms with van der Waals surface area (Å²) < 4.78 is 11.3. The predicted molar refractivity (Wildman–Crippen MR) is 115 cm³/mol. The lowest BCUT2D eigenvalue weighted by molar-refractivity contribution is 0.240. The highest BCUT2D eigenvalue weighted by molar-refractivity contribution is 5.85. The Labute approximate surface area is 182 Å². The summed E-state index contributed by atoms with van der Waals surface area (Å²) in [6, 6.07) is 3.88. The van der Waals surface area contributed by atoms with E-state index in [1.54, 1.807) is 0 Å². The van der Waals surface area contributed by atoms with Crippen molar-refractivity contribution in [3.05, 3.63) is 52.4 Å². The molecule has 156 valence electrons. The van der Waals surface area contributed by atoms with Crippen LogP contribution in [0, 0.1) is 13.8 Å². The molecule has 0 fully saturated rings. The van der Waals surface area contributed by atoms with Crippen LogP contribution in [0.1, 0.15) is 41.0 Å². The lowest BCUT2D eigenvalue weighted by Crippen LogP contribution is -2.24. The van der Waals surface area contributed by atoms with Crippen LogP contribution in [0.5, 0.6) is 5.75 Å². The Morgan fingerprint density at radius 2 is 2.00 bits per heavy atom. The van der Waals surface area contributed by atoms with Crippen molar-refractivity contribution in [1.29, 1.82) is 0 Å². The summed E-state index contributed by atoms with van der Waals surface area (Å²) in [5.41, 5.74) is 6.26. The molecule has 4 heterocycles. The summed E-state index contributed by atoms with van der Waals surface area (Å²) in [4.78, 5) is 13.6. The zero-order chi connectivity index (χ0) is 18.8. The number of fused-ring (bicyclic) bond motifs is 1. The number of rotatable bonds is 5. The van der Waals surface area contributed by atoms with E-state index in [0.29, 0.717) is 11.7 Å². The number of ether oxygens (including phenoxy) is 1. The van der Waals surface area contributed by atoms with Gasteiger partial charge in [0.25, 0.3) is 5.89 Å². The molecule has 1 aliphatic heterocycles. The van der Waals surface area contributed by atoms with Gasteiger partial charge in [-0.2, -0.15) is 4.98 Å². The quantitative estimate of drug-likeness (QED) is 0.649. The topological polar surface area (TPSA) is 86.0 Å². The Hall–Kier alpha value is -2.22. The molecule has 4 rings (SSSR count). The monoisotopic (exact) mass is 437 g/mol. The molecule has 0 radical (unpaired) electrons. The van der Waals surface area contributed by atoms with Gasteiger partial charge in [-0.3, -0.25) is 9.97 Å². The first-order chi connectivity index (χ1) is 13.2. The average Bonchev–Trinajstić information content (AvgIpc) is 3.15. The van der Waals surface area contributed by atoms with Crippen LogP contribution in [0.15, 0.2) is 22.9 Å². The fourth-order valence-electron chi connectivity index (χ4n) is 3.40. The number of halogens is 2. The van der Waals surface area contributed by atoms with E-state index in [0.717, 1.165) is 54.3 Å². The van der Waals surface area contributed by atoms with E-state index in [4.69, 9.17) is 9.26 Å². The molecule has 0 aromatic carbocycles. The molecule has 0 saturated carbocycles. The second kappa shape index (κ2) is 10.0. The van der Waals surface area contributed by atoms with Gasteiger partial charge in [0.1, 0.15) is 5.75 Å². The molecule has 3 aromatic rings. The predicted octanol–water partition coefficient (Wildman–Crippen LogP) is 3.77. The van der Waals surface area contributed by atoms with Crippen LogP contribution in [-0.4, -0.2) is 26.7 Å². The van der Waals surface area contributed by atoms with E-state index in [-0.39, 0.29) is 31.4 Å². The third-order valence-electron chi connectivity index (χ3n) is 4.78. The molecule has 0 aliphatic carbocycles. The molecule has 0 unspecified atom stereocenters. The van der Waals surface area contributed by atoms with Gasteiger partial charge in [-0.1, -0.05) is 12.1 Å². The Bertz CT molecular complexity index is 978. The normalized spacial score (nSPS) is 12.5. The van der Waals surface area contributed by atoms with Crippen molar-refractivity contribution in [3.8, 4) is 17.1 Å². The van der Waals surface area contributed by atoms with Crippen LogP contribution in [0.2, 0.25) is 0 Å². The maximum atomic E-state index is 5.88. The summed E-state index contributed by atoms with van der Waals surface area (Å²) >= 11 is 0. The molecule has 7 nitrogen and oxygen atoms in total. The summed E-state index contributed by atoms with van der Waals surface area (Å²) in [6.45, 7) is 7.99. The van der Waals surface area contributed by atoms with E-state index < -0.39 is 0 Å². The number of aromatic nitrogens is 4. The highest BCUT2D eigenvalue weighted by Gasteiger charge is 2.21. The van der Waals surface area contributed by atoms with E-state index in [2.05, 4.69) is 32.3 Å². The first-order valence-corrected chi connectivity index (χ1v) is 9.26. The minimum Gasteiger partial charge on any atom is -0.482 e. The Kier molecular flexibility index (Phi) is 7.96. The van der Waals surface area contributed by atoms with Crippen LogP contribution in [0.25, 0.3) is 11.4 Å². The fourth-order valence-corrected chi connectivity index (χ4v) is 3.40. The molecule has 29 heavy (non-hydrogen) atoms. The summed E-state index contributed by atoms with van der Waals surface area (Å²) in [7, 11) is 0. The van der Waals surface area contributed by atoms with Crippen molar-refractivity contribution in [1.82, 2.24) is 25.4 Å². The number of aryl methyl sites for hydroxylation is 3. The van der Waals surface area contributed by atoms with E-state index in [1.165, 1.54) is 11.1 Å². The van der Waals surface area contributed by atoms with Gasteiger partial charge in [0.15, 0.2) is 6.61 Å². The molecule has 1 N–H and O–H groups in total. The number of pyridine rings is 2. The zero-order valence-electron chi connectivity index (χ0n) is 16.7. The first-order valence-electron chi connectivity index (χ1n) is 9.26. The van der Waals surface area contributed by atoms with E-state index in [1.807, 2.05) is 32.2 Å². The summed E-state index contributed by atoms with van der Waals surface area (Å²) in [6.07, 6.45) is 3.67. The molecule has 0 bridgehead atoms. The van der Waals surface area contributed by atoms with Crippen LogP contribution >= 0.6 is 24.8 Å². The van der Waals surface area contributed by atoms with Gasteiger partial charge in [-0.05, 0) is 56.5 Å². The summed E-state index contributed by atoms with van der Waals surface area (Å²) in [5.74, 6) is 1.78. The van der Waals surface area contributed by atoms with Gasteiger partial charge in [0.05, 0.1) is 5.69 Å². The van der Waals surface area contributed by atoms with Crippen molar-refractivity contribution in [2.24, 2.45) is 0 Å². The van der Waals surface area contributed by atoms with Gasteiger partial charge in [-0.15, -0.1) is 24.8 Å². The van der Waals surface area contributed by atoms with Crippen LogP contribution in [-0.2, 0) is 26.0 Å². The number of hydrogen-bond acceptors (Lipinski definition) is 7. The number of nitrogens with zero attached hydrogens (tertiary/aromatic N) is 4. The largest absolute Gasteiger partial charge is 0.482 e. The van der Waals surface area contributed by atoms with Gasteiger partial charge < -0.3 is 14.6 Å². The molecule has 0 saturated heterocycles. The third kappa shape index (κ3) is 4.86. The van der Waals surface area contributed by atoms with Crippen molar-refractivity contribution >= 4 is 24.8 Å². The summed E-state index contributed by atoms with van der Waals surface area (Å²) in [5, 5.41) is 7.55. The van der Waals surface area contributed by atoms with Gasteiger partial charge in [0, 0.05) is 29.7 Å². The standard InChI is InChI=1S/C20H23N5O2.2ClH/c1-4-16-17(6-5-12(2)23-16)26-11-18-24-20(25-27-18)19-13(3)22-10-14-9-21-8-7-15(14)19;;/h5-6,10,21H,4,7-9,11H2,1-3H3;2*1H.